The zero-order chi connectivity index (χ0) is 31.9. The van der Waals surface area contributed by atoms with Gasteiger partial charge in [-0.15, -0.1) is 0 Å². The number of likely N-dealkylation sites (tertiary alicyclic amines) is 1. The van der Waals surface area contributed by atoms with Gasteiger partial charge in [0.1, 0.15) is 11.4 Å². The Morgan fingerprint density at radius 3 is 2.23 bits per heavy atom. The number of aliphatic hydroxyl groups excluding tert-OH is 1. The fourth-order valence-electron chi connectivity index (χ4n) is 5.08. The molecular formula is C34H42N2O7S. The number of sulfone groups is 1. The average molecular weight is 623 g/mol. The second kappa shape index (κ2) is 14.4. The van der Waals surface area contributed by atoms with E-state index in [1.807, 2.05) is 23.1 Å². The molecule has 0 saturated carbocycles. The van der Waals surface area contributed by atoms with Crippen LogP contribution in [0.25, 0.3) is 0 Å². The molecule has 4 rings (SSSR count). The molecule has 1 N–H and O–H groups in total. The maximum absolute atomic E-state index is 13.0. The SMILES string of the molecule is CN(Cc1ccc(C(=O)Oc2ccc(S(=O)(=O)CCN3CC[C@H](Cc4ccccc4)[C@H](O)C3)cc2)cc1)C(=O)OC(C)(C)C. The maximum atomic E-state index is 13.0. The minimum Gasteiger partial charge on any atom is -0.444 e. The van der Waals surface area contributed by atoms with E-state index in [0.29, 0.717) is 25.2 Å². The summed E-state index contributed by atoms with van der Waals surface area (Å²) in [6.45, 7) is 7.23. The lowest BCUT2D eigenvalue weighted by Gasteiger charge is -2.36. The average Bonchev–Trinajstić information content (AvgIpc) is 2.97. The predicted molar refractivity (Wildman–Crippen MR) is 168 cm³/mol. The first kappa shape index (κ1) is 33.2. The quantitative estimate of drug-likeness (QED) is 0.249. The number of esters is 1. The van der Waals surface area contributed by atoms with Gasteiger partial charge in [0.25, 0.3) is 0 Å². The van der Waals surface area contributed by atoms with Gasteiger partial charge in [-0.25, -0.2) is 18.0 Å². The molecule has 0 bridgehead atoms. The standard InChI is InChI=1S/C34H42N2O7S/c1-34(2,3)43-33(39)35(4)23-26-10-12-27(13-11-26)32(38)42-29-14-16-30(17-15-29)44(40,41)21-20-36-19-18-28(31(37)24-36)22-25-8-6-5-7-9-25/h5-17,28,31,37H,18-24H2,1-4H3/t28-,31-/m1/s1. The second-order valence-electron chi connectivity index (χ2n) is 12.3. The van der Waals surface area contributed by atoms with Crippen molar-refractivity contribution in [2.45, 2.75) is 56.8 Å². The van der Waals surface area contributed by atoms with Crippen LogP contribution in [-0.4, -0.2) is 79.5 Å². The first-order valence-corrected chi connectivity index (χ1v) is 16.5. The number of benzene rings is 3. The summed E-state index contributed by atoms with van der Waals surface area (Å²) in [6.07, 6.45) is 0.672. The number of piperidine rings is 1. The molecule has 1 heterocycles. The molecule has 1 aliphatic rings. The van der Waals surface area contributed by atoms with E-state index >= 15 is 0 Å². The molecule has 1 amide bonds. The summed E-state index contributed by atoms with van der Waals surface area (Å²) >= 11 is 0. The van der Waals surface area contributed by atoms with Gasteiger partial charge >= 0.3 is 12.1 Å². The zero-order valence-corrected chi connectivity index (χ0v) is 26.6. The van der Waals surface area contributed by atoms with Crippen LogP contribution < -0.4 is 4.74 Å². The Morgan fingerprint density at radius 2 is 1.61 bits per heavy atom. The van der Waals surface area contributed by atoms with Crippen LogP contribution in [0.5, 0.6) is 5.75 Å². The fourth-order valence-corrected chi connectivity index (χ4v) is 6.36. The van der Waals surface area contributed by atoms with Gasteiger partial charge in [0.05, 0.1) is 22.3 Å². The van der Waals surface area contributed by atoms with E-state index in [0.717, 1.165) is 24.9 Å². The largest absolute Gasteiger partial charge is 0.444 e. The fraction of sp³-hybridized carbons (Fsp3) is 0.412. The van der Waals surface area contributed by atoms with E-state index < -0.39 is 33.6 Å². The lowest BCUT2D eigenvalue weighted by Crippen LogP contribution is -2.46. The number of hydrogen-bond donors (Lipinski definition) is 1. The molecule has 1 fully saturated rings. The van der Waals surface area contributed by atoms with Crippen molar-refractivity contribution in [1.29, 1.82) is 0 Å². The van der Waals surface area contributed by atoms with Gasteiger partial charge in [-0.1, -0.05) is 42.5 Å². The highest BCUT2D eigenvalue weighted by molar-refractivity contribution is 7.91. The van der Waals surface area contributed by atoms with Gasteiger partial charge in [0.2, 0.25) is 0 Å². The topological polar surface area (TPSA) is 113 Å². The van der Waals surface area contributed by atoms with Crippen LogP contribution in [0.2, 0.25) is 0 Å². The molecule has 0 radical (unpaired) electrons. The first-order chi connectivity index (χ1) is 20.8. The molecular weight excluding hydrogens is 580 g/mol. The summed E-state index contributed by atoms with van der Waals surface area (Å²) in [7, 11) is -1.93. The third kappa shape index (κ3) is 9.64. The van der Waals surface area contributed by atoms with Gasteiger partial charge in [0, 0.05) is 26.7 Å². The smallest absolute Gasteiger partial charge is 0.410 e. The number of carbonyl (C=O) groups excluding carboxylic acids is 2. The summed E-state index contributed by atoms with van der Waals surface area (Å²) in [4.78, 5) is 28.5. The predicted octanol–water partition coefficient (Wildman–Crippen LogP) is 4.97. The van der Waals surface area contributed by atoms with Crippen LogP contribution in [-0.2, 0) is 27.5 Å². The van der Waals surface area contributed by atoms with Gasteiger partial charge in [-0.05, 0) is 93.6 Å². The van der Waals surface area contributed by atoms with E-state index in [9.17, 15) is 23.1 Å². The Hall–Kier alpha value is -3.73. The van der Waals surface area contributed by atoms with E-state index in [1.165, 1.54) is 34.7 Å². The molecule has 2 atom stereocenters. The summed E-state index contributed by atoms with van der Waals surface area (Å²) in [5, 5.41) is 10.7. The number of hydrogen-bond acceptors (Lipinski definition) is 8. The molecule has 10 heteroatoms. The summed E-state index contributed by atoms with van der Waals surface area (Å²) in [6, 6.07) is 22.6. The van der Waals surface area contributed by atoms with Crippen molar-refractivity contribution in [1.82, 2.24) is 9.80 Å². The molecule has 0 aromatic heterocycles. The molecule has 1 saturated heterocycles. The van der Waals surface area contributed by atoms with E-state index in [4.69, 9.17) is 9.47 Å². The summed E-state index contributed by atoms with van der Waals surface area (Å²) in [5.74, 6) is -0.269. The van der Waals surface area contributed by atoms with Crippen molar-refractivity contribution < 1.29 is 32.6 Å². The van der Waals surface area contributed by atoms with Crippen LogP contribution in [0.4, 0.5) is 4.79 Å². The van der Waals surface area contributed by atoms with Crippen molar-refractivity contribution >= 4 is 21.9 Å². The molecule has 0 spiro atoms. The van der Waals surface area contributed by atoms with Crippen molar-refractivity contribution in [3.8, 4) is 5.75 Å². The number of nitrogens with zero attached hydrogens (tertiary/aromatic N) is 2. The van der Waals surface area contributed by atoms with Crippen molar-refractivity contribution in [3.63, 3.8) is 0 Å². The van der Waals surface area contributed by atoms with Crippen LogP contribution in [0.15, 0.2) is 83.8 Å². The molecule has 9 nitrogen and oxygen atoms in total. The summed E-state index contributed by atoms with van der Waals surface area (Å²) < 4.78 is 36.8. The molecule has 236 valence electrons. The number of rotatable bonds is 10. The Kier molecular flexibility index (Phi) is 10.8. The van der Waals surface area contributed by atoms with Gasteiger partial charge in [-0.3, -0.25) is 4.90 Å². The molecule has 0 unspecified atom stereocenters. The van der Waals surface area contributed by atoms with Crippen LogP contribution >= 0.6 is 0 Å². The van der Waals surface area contributed by atoms with Crippen LogP contribution in [0.3, 0.4) is 0 Å². The normalized spacial score (nSPS) is 17.6. The Morgan fingerprint density at radius 1 is 0.955 bits per heavy atom. The van der Waals surface area contributed by atoms with Gasteiger partial charge < -0.3 is 19.5 Å². The molecule has 0 aliphatic carbocycles. The molecule has 3 aromatic carbocycles. The third-order valence-electron chi connectivity index (χ3n) is 7.53. The maximum Gasteiger partial charge on any atom is 0.410 e. The van der Waals surface area contributed by atoms with Gasteiger partial charge in [-0.2, -0.15) is 0 Å². The third-order valence-corrected chi connectivity index (χ3v) is 9.24. The summed E-state index contributed by atoms with van der Waals surface area (Å²) in [5.41, 5.74) is 1.74. The lowest BCUT2D eigenvalue weighted by atomic mass is 9.88. The lowest BCUT2D eigenvalue weighted by molar-refractivity contribution is 0.0244. The second-order valence-corrected chi connectivity index (χ2v) is 14.4. The van der Waals surface area contributed by atoms with Crippen molar-refractivity contribution in [2.24, 2.45) is 5.92 Å². The van der Waals surface area contributed by atoms with Crippen molar-refractivity contribution in [2.75, 3.05) is 32.4 Å². The minimum absolute atomic E-state index is 0.0718. The number of ether oxygens (including phenoxy) is 2. The van der Waals surface area contributed by atoms with Crippen LogP contribution in [0, 0.1) is 5.92 Å². The van der Waals surface area contributed by atoms with Crippen molar-refractivity contribution in [3.05, 3.63) is 95.6 Å². The minimum atomic E-state index is -3.57. The number of aliphatic hydroxyl groups is 1. The highest BCUT2D eigenvalue weighted by atomic mass is 32.2. The van der Waals surface area contributed by atoms with Gasteiger partial charge in [0.15, 0.2) is 9.84 Å². The van der Waals surface area contributed by atoms with E-state index in [2.05, 4.69) is 12.1 Å². The van der Waals surface area contributed by atoms with Crippen LogP contribution in [0.1, 0.15) is 48.7 Å². The highest BCUT2D eigenvalue weighted by Gasteiger charge is 2.29. The highest BCUT2D eigenvalue weighted by Crippen LogP contribution is 2.24. The molecule has 44 heavy (non-hydrogen) atoms. The Bertz CT molecular complexity index is 1500. The Balaban J connectivity index is 1.25. The number of β-amino-alcohol motifs (C(OH)–C–C–N with tert-alkyl or cyclic N) is 1. The monoisotopic (exact) mass is 622 g/mol. The Labute approximate surface area is 260 Å². The molecule has 1 aliphatic heterocycles. The van der Waals surface area contributed by atoms with E-state index in [-0.39, 0.29) is 22.3 Å². The van der Waals surface area contributed by atoms with E-state index in [1.54, 1.807) is 52.1 Å². The number of carbonyl (C=O) groups is 2. The number of amides is 1. The molecule has 3 aromatic rings. The zero-order valence-electron chi connectivity index (χ0n) is 25.8. The first-order valence-electron chi connectivity index (χ1n) is 14.8.